The van der Waals surface area contributed by atoms with E-state index in [0.717, 1.165) is 17.2 Å². The molecule has 2 aromatic rings. The highest BCUT2D eigenvalue weighted by Gasteiger charge is 1.94. The van der Waals surface area contributed by atoms with E-state index in [1.807, 2.05) is 6.07 Å². The van der Waals surface area contributed by atoms with Crippen molar-refractivity contribution in [3.8, 4) is 0 Å². The quantitative estimate of drug-likeness (QED) is 0.608. The van der Waals surface area contributed by atoms with Crippen LogP contribution in [0.1, 0.15) is 10.4 Å². The molecule has 1 radical (unpaired) electrons. The minimum absolute atomic E-state index is 0.688. The van der Waals surface area contributed by atoms with Crippen LogP contribution in [-0.2, 0) is 0 Å². The van der Waals surface area contributed by atoms with Crippen molar-refractivity contribution < 1.29 is 4.79 Å². The Morgan fingerprint density at radius 2 is 2.36 bits per heavy atom. The number of hydrogen-bond donors (Lipinski definition) is 1. The van der Waals surface area contributed by atoms with Gasteiger partial charge in [-0.15, -0.1) is 0 Å². The van der Waals surface area contributed by atoms with E-state index < -0.39 is 0 Å². The molecular weight excluding hydrogens is 138 g/mol. The van der Waals surface area contributed by atoms with Crippen molar-refractivity contribution in [3.05, 3.63) is 36.0 Å². The molecule has 1 heterocycles. The fraction of sp³-hybridized carbons (Fsp3) is 0. The molecular formula is C9H6NO. The lowest BCUT2D eigenvalue weighted by Gasteiger charge is -1.89. The topological polar surface area (TPSA) is 32.9 Å². The van der Waals surface area contributed by atoms with Crippen LogP contribution in [0.15, 0.2) is 24.4 Å². The minimum Gasteiger partial charge on any atom is -0.361 e. The highest BCUT2D eigenvalue weighted by Crippen LogP contribution is 2.11. The molecule has 1 aromatic carbocycles. The van der Waals surface area contributed by atoms with Gasteiger partial charge in [0.1, 0.15) is 6.29 Å². The summed E-state index contributed by atoms with van der Waals surface area (Å²) in [6.45, 7) is 0. The van der Waals surface area contributed by atoms with Crippen molar-refractivity contribution in [2.75, 3.05) is 0 Å². The zero-order chi connectivity index (χ0) is 7.68. The molecule has 0 amide bonds. The van der Waals surface area contributed by atoms with Gasteiger partial charge in [0.25, 0.3) is 0 Å². The van der Waals surface area contributed by atoms with Crippen LogP contribution < -0.4 is 0 Å². The van der Waals surface area contributed by atoms with Gasteiger partial charge in [0.15, 0.2) is 0 Å². The van der Waals surface area contributed by atoms with Crippen molar-refractivity contribution >= 4 is 17.2 Å². The minimum atomic E-state index is 0.688. The summed E-state index contributed by atoms with van der Waals surface area (Å²) in [5.41, 5.74) is 1.70. The molecule has 0 aliphatic rings. The van der Waals surface area contributed by atoms with E-state index in [-0.39, 0.29) is 0 Å². The van der Waals surface area contributed by atoms with E-state index >= 15 is 0 Å². The number of nitrogens with one attached hydrogen (secondary N) is 1. The Morgan fingerprint density at radius 3 is 3.18 bits per heavy atom. The number of benzene rings is 1. The van der Waals surface area contributed by atoms with Gasteiger partial charge in [0.05, 0.1) is 0 Å². The van der Waals surface area contributed by atoms with E-state index in [9.17, 15) is 4.79 Å². The van der Waals surface area contributed by atoms with Crippen LogP contribution in [0, 0.1) is 6.07 Å². The number of fused-ring (bicyclic) bond motifs is 1. The highest BCUT2D eigenvalue weighted by molar-refractivity contribution is 5.86. The normalized spacial score (nSPS) is 10.2. The fourth-order valence-electron chi connectivity index (χ4n) is 1.07. The first kappa shape index (κ1) is 6.16. The number of hydrogen-bond acceptors (Lipinski definition) is 1. The maximum atomic E-state index is 10.3. The van der Waals surface area contributed by atoms with Gasteiger partial charge in [-0.1, -0.05) is 0 Å². The summed E-state index contributed by atoms with van der Waals surface area (Å²) in [7, 11) is 0. The molecule has 0 aliphatic heterocycles. The number of aldehydes is 1. The Balaban J connectivity index is 2.76. The van der Waals surface area contributed by atoms with Crippen LogP contribution in [0.2, 0.25) is 0 Å². The average Bonchev–Trinajstić information content (AvgIpc) is 2.50. The first-order valence-corrected chi connectivity index (χ1v) is 3.34. The van der Waals surface area contributed by atoms with E-state index in [0.29, 0.717) is 5.56 Å². The van der Waals surface area contributed by atoms with Gasteiger partial charge in [-0.05, 0) is 18.2 Å². The lowest BCUT2D eigenvalue weighted by Crippen LogP contribution is -1.76. The van der Waals surface area contributed by atoms with Gasteiger partial charge < -0.3 is 4.98 Å². The van der Waals surface area contributed by atoms with Gasteiger partial charge in [0.2, 0.25) is 0 Å². The number of aromatic amines is 1. The molecule has 0 fully saturated rings. The Morgan fingerprint density at radius 1 is 1.45 bits per heavy atom. The van der Waals surface area contributed by atoms with Crippen LogP contribution in [0.25, 0.3) is 10.9 Å². The van der Waals surface area contributed by atoms with Crippen LogP contribution in [0.5, 0.6) is 0 Å². The van der Waals surface area contributed by atoms with Crippen LogP contribution in [0.4, 0.5) is 0 Å². The van der Waals surface area contributed by atoms with E-state index in [1.165, 1.54) is 0 Å². The summed E-state index contributed by atoms with van der Waals surface area (Å²) in [6.07, 6.45) is 2.57. The molecule has 0 atom stereocenters. The molecule has 0 unspecified atom stereocenters. The van der Waals surface area contributed by atoms with E-state index in [2.05, 4.69) is 11.1 Å². The molecule has 11 heavy (non-hydrogen) atoms. The van der Waals surface area contributed by atoms with Gasteiger partial charge in [-0.3, -0.25) is 4.79 Å². The van der Waals surface area contributed by atoms with Crippen molar-refractivity contribution in [3.63, 3.8) is 0 Å². The van der Waals surface area contributed by atoms with Gasteiger partial charge >= 0.3 is 0 Å². The van der Waals surface area contributed by atoms with Gasteiger partial charge in [-0.25, -0.2) is 0 Å². The second kappa shape index (κ2) is 2.23. The fourth-order valence-corrected chi connectivity index (χ4v) is 1.07. The Hall–Kier alpha value is -1.57. The molecule has 0 aliphatic carbocycles. The SMILES string of the molecule is O=Cc1ccc2[nH]c[c]c2c1. The average molecular weight is 144 g/mol. The van der Waals surface area contributed by atoms with Gasteiger partial charge in [-0.2, -0.15) is 0 Å². The lowest BCUT2D eigenvalue weighted by atomic mass is 10.2. The molecule has 2 rings (SSSR count). The predicted octanol–water partition coefficient (Wildman–Crippen LogP) is 1.78. The smallest absolute Gasteiger partial charge is 0.150 e. The largest absolute Gasteiger partial charge is 0.361 e. The number of H-pyrrole nitrogens is 1. The first-order chi connectivity index (χ1) is 5.40. The summed E-state index contributed by atoms with van der Waals surface area (Å²) in [6, 6.07) is 8.43. The number of carbonyl (C=O) groups is 1. The molecule has 0 saturated carbocycles. The van der Waals surface area contributed by atoms with Gasteiger partial charge in [0, 0.05) is 28.7 Å². The Kier molecular flexibility index (Phi) is 1.25. The third-order valence-corrected chi connectivity index (χ3v) is 1.64. The lowest BCUT2D eigenvalue weighted by molar-refractivity contribution is 0.112. The zero-order valence-electron chi connectivity index (χ0n) is 5.79. The van der Waals surface area contributed by atoms with Crippen molar-refractivity contribution in [2.24, 2.45) is 0 Å². The number of carbonyl (C=O) groups excluding carboxylic acids is 1. The monoisotopic (exact) mass is 144 g/mol. The predicted molar refractivity (Wildman–Crippen MR) is 42.5 cm³/mol. The molecule has 1 N–H and O–H groups in total. The molecule has 53 valence electrons. The third-order valence-electron chi connectivity index (χ3n) is 1.64. The van der Waals surface area contributed by atoms with Crippen molar-refractivity contribution in [2.45, 2.75) is 0 Å². The maximum absolute atomic E-state index is 10.3. The molecule has 0 bridgehead atoms. The molecule has 0 spiro atoms. The Labute approximate surface area is 63.8 Å². The van der Waals surface area contributed by atoms with E-state index in [1.54, 1.807) is 18.3 Å². The second-order valence-corrected chi connectivity index (χ2v) is 2.36. The standard InChI is InChI=1S/C9H6NO/c11-6-7-1-2-9-8(5-7)3-4-10-9/h1-2,4-6,10H. The Bertz CT molecular complexity index is 389. The molecule has 0 saturated heterocycles. The van der Waals surface area contributed by atoms with E-state index in [4.69, 9.17) is 0 Å². The van der Waals surface area contributed by atoms with Crippen LogP contribution in [-0.4, -0.2) is 11.3 Å². The summed E-state index contributed by atoms with van der Waals surface area (Å²) in [5, 5.41) is 0.953. The van der Waals surface area contributed by atoms with Crippen molar-refractivity contribution in [1.82, 2.24) is 4.98 Å². The van der Waals surface area contributed by atoms with Crippen molar-refractivity contribution in [1.29, 1.82) is 0 Å². The molecule has 2 nitrogen and oxygen atoms in total. The second-order valence-electron chi connectivity index (χ2n) is 2.36. The summed E-state index contributed by atoms with van der Waals surface area (Å²) in [5.74, 6) is 0. The number of aromatic nitrogens is 1. The zero-order valence-corrected chi connectivity index (χ0v) is 5.79. The molecule has 2 heteroatoms. The number of rotatable bonds is 1. The summed E-state index contributed by atoms with van der Waals surface area (Å²) in [4.78, 5) is 13.3. The maximum Gasteiger partial charge on any atom is 0.150 e. The summed E-state index contributed by atoms with van der Waals surface area (Å²) >= 11 is 0. The highest BCUT2D eigenvalue weighted by atomic mass is 16.1. The molecule has 1 aromatic heterocycles. The van der Waals surface area contributed by atoms with Crippen LogP contribution in [0.3, 0.4) is 0 Å². The summed E-state index contributed by atoms with van der Waals surface area (Å²) < 4.78 is 0. The van der Waals surface area contributed by atoms with Crippen LogP contribution >= 0.6 is 0 Å². The third kappa shape index (κ3) is 0.923. The first-order valence-electron chi connectivity index (χ1n) is 3.34.